The van der Waals surface area contributed by atoms with Crippen LogP contribution in [0.1, 0.15) is 103 Å². The van der Waals surface area contributed by atoms with Crippen LogP contribution in [0.15, 0.2) is 54.6 Å². The highest BCUT2D eigenvalue weighted by Crippen LogP contribution is 2.48. The zero-order valence-electron chi connectivity index (χ0n) is 24.7. The van der Waals surface area contributed by atoms with Crippen LogP contribution in [-0.2, 0) is 23.7 Å². The van der Waals surface area contributed by atoms with E-state index in [4.69, 9.17) is 4.52 Å². The maximum atomic E-state index is 10.0. The lowest BCUT2D eigenvalue weighted by Crippen LogP contribution is -2.15. The van der Waals surface area contributed by atoms with Gasteiger partial charge in [0.15, 0.2) is 0 Å². The van der Waals surface area contributed by atoms with Gasteiger partial charge in [-0.3, -0.25) is 0 Å². The van der Waals surface area contributed by atoms with E-state index in [9.17, 15) is 9.79 Å². The number of rotatable bonds is 10. The predicted octanol–water partition coefficient (Wildman–Crippen LogP) is 9.89. The van der Waals surface area contributed by atoms with E-state index in [0.717, 1.165) is 49.7 Å². The number of unbranched alkanes of at least 4 members (excludes halogenated alkanes) is 2. The Morgan fingerprint density at radius 3 is 1.63 bits per heavy atom. The third-order valence-electron chi connectivity index (χ3n) is 7.28. The van der Waals surface area contributed by atoms with Gasteiger partial charge in [0.05, 0.1) is 0 Å². The Labute approximate surface area is 232 Å². The van der Waals surface area contributed by atoms with Crippen molar-refractivity contribution < 1.29 is 14.3 Å². The van der Waals surface area contributed by atoms with Gasteiger partial charge in [-0.05, 0) is 87.1 Å². The van der Waals surface area contributed by atoms with Gasteiger partial charge in [0.25, 0.3) is 0 Å². The number of hydrogen-bond donors (Lipinski definition) is 2. The highest BCUT2D eigenvalue weighted by atomic mass is 31.2. The highest BCUT2D eigenvalue weighted by Gasteiger charge is 2.28. The van der Waals surface area contributed by atoms with E-state index in [0.29, 0.717) is 5.75 Å². The lowest BCUT2D eigenvalue weighted by Gasteiger charge is -2.30. The molecule has 2 N–H and O–H groups in total. The fraction of sp³-hybridized carbons (Fsp3) is 0.471. The second-order valence-corrected chi connectivity index (χ2v) is 13.1. The van der Waals surface area contributed by atoms with Crippen LogP contribution in [0, 0.1) is 0 Å². The van der Waals surface area contributed by atoms with Gasteiger partial charge >= 0.3 is 8.60 Å². The fourth-order valence-corrected chi connectivity index (χ4v) is 5.77. The Balaban J connectivity index is 2.57. The van der Waals surface area contributed by atoms with Gasteiger partial charge in [-0.25, -0.2) is 0 Å². The van der Waals surface area contributed by atoms with Crippen molar-refractivity contribution in [2.45, 2.75) is 105 Å². The first-order chi connectivity index (χ1) is 17.9. The van der Waals surface area contributed by atoms with Crippen molar-refractivity contribution >= 4 is 8.60 Å². The smallest absolute Gasteiger partial charge is 0.391 e. The maximum Gasteiger partial charge on any atom is 0.391 e. The van der Waals surface area contributed by atoms with Gasteiger partial charge in [-0.2, -0.15) is 0 Å². The summed E-state index contributed by atoms with van der Waals surface area (Å²) in [5.41, 5.74) is 9.66. The molecule has 0 fully saturated rings. The molecule has 3 nitrogen and oxygen atoms in total. The van der Waals surface area contributed by atoms with Gasteiger partial charge in [-0.1, -0.05) is 117 Å². The van der Waals surface area contributed by atoms with Crippen molar-refractivity contribution in [2.75, 3.05) is 0 Å². The van der Waals surface area contributed by atoms with E-state index in [1.54, 1.807) is 0 Å². The predicted molar refractivity (Wildman–Crippen MR) is 164 cm³/mol. The topological polar surface area (TPSA) is 49.7 Å². The molecule has 0 spiro atoms. The normalized spacial score (nSPS) is 12.3. The molecule has 3 rings (SSSR count). The average molecular weight is 535 g/mol. The standard InChI is InChI=1S/C34H47O3P/c1-9-11-17-25-26(18-12-10-2)32(27-20-14-16-22-30(27)34(6,7)8)28(23-31(25)37-38(35)36)24-19-13-15-21-29(24)33(3,4)5/h13-16,19-23,35-36H,9-12,17-18H2,1-8H3. The van der Waals surface area contributed by atoms with Gasteiger partial charge in [0.2, 0.25) is 0 Å². The Hall–Kier alpha value is -2.19. The van der Waals surface area contributed by atoms with Crippen molar-refractivity contribution in [1.82, 2.24) is 0 Å². The quantitative estimate of drug-likeness (QED) is 0.254. The molecule has 0 bridgehead atoms. The van der Waals surface area contributed by atoms with E-state index < -0.39 is 8.60 Å². The Kier molecular flexibility index (Phi) is 10.2. The van der Waals surface area contributed by atoms with Gasteiger partial charge in [-0.15, -0.1) is 0 Å². The van der Waals surface area contributed by atoms with Crippen molar-refractivity contribution in [1.29, 1.82) is 0 Å². The third-order valence-corrected chi connectivity index (χ3v) is 7.64. The fourth-order valence-electron chi connectivity index (χ4n) is 5.43. The molecule has 0 saturated heterocycles. The third kappa shape index (κ3) is 7.06. The van der Waals surface area contributed by atoms with Crippen molar-refractivity contribution in [2.24, 2.45) is 0 Å². The molecule has 206 valence electrons. The van der Waals surface area contributed by atoms with E-state index >= 15 is 0 Å². The molecule has 0 aromatic heterocycles. The number of benzene rings is 3. The molecule has 0 aliphatic carbocycles. The van der Waals surface area contributed by atoms with Crippen LogP contribution in [0.25, 0.3) is 22.3 Å². The molecule has 0 amide bonds. The molecule has 3 aromatic rings. The Morgan fingerprint density at radius 2 is 1.13 bits per heavy atom. The molecule has 0 heterocycles. The van der Waals surface area contributed by atoms with Gasteiger partial charge in [0, 0.05) is 0 Å². The van der Waals surface area contributed by atoms with Crippen LogP contribution >= 0.6 is 8.60 Å². The second-order valence-electron chi connectivity index (χ2n) is 12.4. The molecule has 38 heavy (non-hydrogen) atoms. The first kappa shape index (κ1) is 30.4. The molecule has 0 aliphatic rings. The van der Waals surface area contributed by atoms with E-state index in [1.165, 1.54) is 33.4 Å². The Bertz CT molecular complexity index is 1220. The molecule has 4 heteroatoms. The van der Waals surface area contributed by atoms with E-state index in [1.807, 2.05) is 0 Å². The van der Waals surface area contributed by atoms with Crippen molar-refractivity contribution in [3.63, 3.8) is 0 Å². The molecule has 0 aliphatic heterocycles. The summed E-state index contributed by atoms with van der Waals surface area (Å²) < 4.78 is 5.81. The molecule has 0 radical (unpaired) electrons. The van der Waals surface area contributed by atoms with Gasteiger partial charge in [0.1, 0.15) is 5.75 Å². The van der Waals surface area contributed by atoms with Crippen LogP contribution in [0.4, 0.5) is 0 Å². The summed E-state index contributed by atoms with van der Waals surface area (Å²) in [4.78, 5) is 20.0. The van der Waals surface area contributed by atoms with Crippen LogP contribution in [-0.4, -0.2) is 9.79 Å². The van der Waals surface area contributed by atoms with Crippen LogP contribution in [0.5, 0.6) is 5.75 Å². The van der Waals surface area contributed by atoms with Gasteiger partial charge < -0.3 is 14.3 Å². The zero-order chi connectivity index (χ0) is 28.1. The SMILES string of the molecule is CCCCc1c(OP(O)O)cc(-c2ccccc2C(C)(C)C)c(-c2ccccc2C(C)(C)C)c1CCCC. The largest absolute Gasteiger partial charge is 0.427 e. The van der Waals surface area contributed by atoms with E-state index in [-0.39, 0.29) is 10.8 Å². The molecule has 0 saturated carbocycles. The van der Waals surface area contributed by atoms with Crippen LogP contribution in [0.3, 0.4) is 0 Å². The summed E-state index contributed by atoms with van der Waals surface area (Å²) in [6, 6.07) is 19.5. The van der Waals surface area contributed by atoms with Crippen molar-refractivity contribution in [3.05, 3.63) is 76.9 Å². The minimum Gasteiger partial charge on any atom is -0.427 e. The molecular formula is C34H47O3P. The van der Waals surface area contributed by atoms with Crippen molar-refractivity contribution in [3.8, 4) is 28.0 Å². The molecule has 0 atom stereocenters. The minimum absolute atomic E-state index is 0.0390. The highest BCUT2D eigenvalue weighted by molar-refractivity contribution is 7.39. The Morgan fingerprint density at radius 1 is 0.658 bits per heavy atom. The molecular weight excluding hydrogens is 487 g/mol. The number of hydrogen-bond acceptors (Lipinski definition) is 3. The first-order valence-corrected chi connectivity index (χ1v) is 15.3. The summed E-state index contributed by atoms with van der Waals surface area (Å²) in [6.45, 7) is 18.0. The zero-order valence-corrected chi connectivity index (χ0v) is 25.6. The minimum atomic E-state index is -2.53. The summed E-state index contributed by atoms with van der Waals surface area (Å²) in [5.74, 6) is 0.608. The second kappa shape index (κ2) is 12.8. The molecule has 3 aromatic carbocycles. The monoisotopic (exact) mass is 534 g/mol. The lowest BCUT2D eigenvalue weighted by atomic mass is 9.75. The van der Waals surface area contributed by atoms with E-state index in [2.05, 4.69) is 110 Å². The average Bonchev–Trinajstić information content (AvgIpc) is 2.85. The van der Waals surface area contributed by atoms with Crippen LogP contribution in [0.2, 0.25) is 0 Å². The summed E-state index contributed by atoms with van der Waals surface area (Å²) in [6.07, 6.45) is 5.98. The maximum absolute atomic E-state index is 10.0. The lowest BCUT2D eigenvalue weighted by molar-refractivity contribution is 0.373. The van der Waals surface area contributed by atoms with Crippen LogP contribution < -0.4 is 4.52 Å². The summed E-state index contributed by atoms with van der Waals surface area (Å²) >= 11 is 0. The summed E-state index contributed by atoms with van der Waals surface area (Å²) in [7, 11) is -2.53. The first-order valence-electron chi connectivity index (χ1n) is 14.1. The molecule has 0 unspecified atom stereocenters. The summed E-state index contributed by atoms with van der Waals surface area (Å²) in [5, 5.41) is 0.